The van der Waals surface area contributed by atoms with E-state index in [9.17, 15) is 5.11 Å². The highest BCUT2D eigenvalue weighted by Gasteiger charge is 2.13. The zero-order valence-corrected chi connectivity index (χ0v) is 12.7. The molecule has 0 aliphatic heterocycles. The molecule has 6 heteroatoms. The maximum absolute atomic E-state index is 10.2. The number of aliphatic hydroxyl groups excluding tert-OH is 1. The highest BCUT2D eigenvalue weighted by Crippen LogP contribution is 2.24. The van der Waals surface area contributed by atoms with Crippen LogP contribution in [0.5, 0.6) is 0 Å². The van der Waals surface area contributed by atoms with Crippen molar-refractivity contribution in [3.05, 3.63) is 64.6 Å². The Hall–Kier alpha value is -2.05. The van der Waals surface area contributed by atoms with Crippen molar-refractivity contribution in [1.82, 2.24) is 20.2 Å². The zero-order chi connectivity index (χ0) is 14.7. The monoisotopic (exact) mass is 344 g/mol. The summed E-state index contributed by atoms with van der Waals surface area (Å²) in [5.74, 6) is 0.530. The summed E-state index contributed by atoms with van der Waals surface area (Å²) in [4.78, 5) is 1.41. The Balaban J connectivity index is 1.78. The van der Waals surface area contributed by atoms with Crippen LogP contribution in [0.4, 0.5) is 0 Å². The Labute approximate surface area is 130 Å². The number of hydrogen-bond acceptors (Lipinski definition) is 4. The van der Waals surface area contributed by atoms with Gasteiger partial charge in [-0.25, -0.2) is 0 Å². The fraction of sp³-hybridized carbons (Fsp3) is 0.133. The van der Waals surface area contributed by atoms with Crippen LogP contribution in [0.25, 0.3) is 11.4 Å². The first-order valence-corrected chi connectivity index (χ1v) is 7.29. The van der Waals surface area contributed by atoms with E-state index in [4.69, 9.17) is 0 Å². The van der Waals surface area contributed by atoms with E-state index in [-0.39, 0.29) is 6.54 Å². The van der Waals surface area contributed by atoms with Gasteiger partial charge in [-0.15, -0.1) is 10.2 Å². The molecule has 0 saturated heterocycles. The van der Waals surface area contributed by atoms with Crippen molar-refractivity contribution in [1.29, 1.82) is 0 Å². The first-order valence-electron chi connectivity index (χ1n) is 6.50. The Morgan fingerprint density at radius 3 is 2.52 bits per heavy atom. The Kier molecular flexibility index (Phi) is 4.08. The van der Waals surface area contributed by atoms with Crippen molar-refractivity contribution in [3.8, 4) is 11.4 Å². The molecule has 0 radical (unpaired) electrons. The third kappa shape index (κ3) is 3.17. The average Bonchev–Trinajstić information content (AvgIpc) is 2.97. The van der Waals surface area contributed by atoms with Gasteiger partial charge in [-0.3, -0.25) is 0 Å². The number of aromatic nitrogens is 4. The highest BCUT2D eigenvalue weighted by molar-refractivity contribution is 9.10. The lowest BCUT2D eigenvalue weighted by atomic mass is 10.1. The van der Waals surface area contributed by atoms with Gasteiger partial charge in [0.1, 0.15) is 6.10 Å². The molecule has 0 amide bonds. The van der Waals surface area contributed by atoms with E-state index in [2.05, 4.69) is 31.3 Å². The van der Waals surface area contributed by atoms with Crippen molar-refractivity contribution >= 4 is 15.9 Å². The molecule has 3 aromatic rings. The number of benzene rings is 2. The Morgan fingerprint density at radius 2 is 1.76 bits per heavy atom. The van der Waals surface area contributed by atoms with Crippen LogP contribution in [0, 0.1) is 0 Å². The summed E-state index contributed by atoms with van der Waals surface area (Å²) in [6, 6.07) is 17.1. The van der Waals surface area contributed by atoms with Crippen molar-refractivity contribution in [2.24, 2.45) is 0 Å². The van der Waals surface area contributed by atoms with Gasteiger partial charge in [0.05, 0.1) is 6.54 Å². The van der Waals surface area contributed by atoms with Gasteiger partial charge in [-0.1, -0.05) is 58.4 Å². The summed E-state index contributed by atoms with van der Waals surface area (Å²) in [5.41, 5.74) is 1.70. The molecule has 0 aliphatic rings. The van der Waals surface area contributed by atoms with Crippen molar-refractivity contribution in [2.75, 3.05) is 0 Å². The quantitative estimate of drug-likeness (QED) is 0.790. The predicted molar refractivity (Wildman–Crippen MR) is 82.4 cm³/mol. The Morgan fingerprint density at radius 1 is 1.05 bits per heavy atom. The predicted octanol–water partition coefficient (Wildman–Crippen LogP) is 2.84. The van der Waals surface area contributed by atoms with E-state index in [0.717, 1.165) is 15.6 Å². The van der Waals surface area contributed by atoms with Crippen LogP contribution < -0.4 is 0 Å². The molecule has 1 unspecified atom stereocenters. The SMILES string of the molecule is OC(Cn1nnc(-c2ccccc2Br)n1)c1ccccc1. The van der Waals surface area contributed by atoms with Crippen LogP contribution in [0.15, 0.2) is 59.1 Å². The first kappa shape index (κ1) is 13.9. The lowest BCUT2D eigenvalue weighted by Gasteiger charge is -2.08. The molecule has 2 aromatic carbocycles. The van der Waals surface area contributed by atoms with Gasteiger partial charge in [0.25, 0.3) is 0 Å². The summed E-state index contributed by atoms with van der Waals surface area (Å²) in [7, 11) is 0. The topological polar surface area (TPSA) is 63.8 Å². The highest BCUT2D eigenvalue weighted by atomic mass is 79.9. The van der Waals surface area contributed by atoms with Gasteiger partial charge in [0.15, 0.2) is 0 Å². The van der Waals surface area contributed by atoms with E-state index in [0.29, 0.717) is 5.82 Å². The molecule has 1 atom stereocenters. The third-order valence-corrected chi connectivity index (χ3v) is 3.78. The van der Waals surface area contributed by atoms with Crippen LogP contribution in [-0.4, -0.2) is 25.3 Å². The van der Waals surface area contributed by atoms with Gasteiger partial charge in [0.2, 0.25) is 5.82 Å². The molecule has 1 aromatic heterocycles. The molecule has 5 nitrogen and oxygen atoms in total. The summed E-state index contributed by atoms with van der Waals surface area (Å²) in [6.07, 6.45) is -0.660. The molecule has 0 fully saturated rings. The maximum atomic E-state index is 10.2. The second-order valence-corrected chi connectivity index (χ2v) is 5.43. The molecule has 106 valence electrons. The number of aliphatic hydroxyl groups is 1. The molecule has 3 rings (SSSR count). The largest absolute Gasteiger partial charge is 0.386 e. The van der Waals surface area contributed by atoms with Crippen LogP contribution in [-0.2, 0) is 6.54 Å². The van der Waals surface area contributed by atoms with Crippen molar-refractivity contribution < 1.29 is 5.11 Å². The van der Waals surface area contributed by atoms with Crippen molar-refractivity contribution in [3.63, 3.8) is 0 Å². The molecular formula is C15H13BrN4O. The normalized spacial score (nSPS) is 12.3. The minimum absolute atomic E-state index is 0.265. The van der Waals surface area contributed by atoms with Crippen LogP contribution in [0.2, 0.25) is 0 Å². The molecule has 0 aliphatic carbocycles. The van der Waals surface area contributed by atoms with Gasteiger partial charge in [0, 0.05) is 10.0 Å². The summed E-state index contributed by atoms with van der Waals surface area (Å²) < 4.78 is 0.910. The Bertz CT molecular complexity index is 729. The second kappa shape index (κ2) is 6.15. The van der Waals surface area contributed by atoms with E-state index < -0.39 is 6.10 Å². The standard InChI is InChI=1S/C15H13BrN4O/c16-13-9-5-4-8-12(13)15-17-19-20(18-15)10-14(21)11-6-2-1-3-7-11/h1-9,14,21H,10H2. The molecule has 0 saturated carbocycles. The van der Waals surface area contributed by atoms with E-state index in [1.54, 1.807) is 0 Å². The summed E-state index contributed by atoms with van der Waals surface area (Å²) >= 11 is 3.46. The first-order chi connectivity index (χ1) is 10.2. The molecule has 1 heterocycles. The molecule has 0 spiro atoms. The van der Waals surface area contributed by atoms with E-state index in [1.807, 2.05) is 54.6 Å². The smallest absolute Gasteiger partial charge is 0.206 e. The number of nitrogens with zero attached hydrogens (tertiary/aromatic N) is 4. The number of tetrazole rings is 1. The van der Waals surface area contributed by atoms with Gasteiger partial charge >= 0.3 is 0 Å². The zero-order valence-electron chi connectivity index (χ0n) is 11.1. The summed E-state index contributed by atoms with van der Waals surface area (Å²) in [6.45, 7) is 0.265. The second-order valence-electron chi connectivity index (χ2n) is 4.57. The number of rotatable bonds is 4. The van der Waals surface area contributed by atoms with Gasteiger partial charge < -0.3 is 5.11 Å². The molecule has 0 bridgehead atoms. The van der Waals surface area contributed by atoms with Gasteiger partial charge in [-0.05, 0) is 22.9 Å². The lowest BCUT2D eigenvalue weighted by Crippen LogP contribution is -2.11. The molecule has 1 N–H and O–H groups in total. The lowest BCUT2D eigenvalue weighted by molar-refractivity contribution is 0.144. The minimum Gasteiger partial charge on any atom is -0.386 e. The fourth-order valence-electron chi connectivity index (χ4n) is 2.01. The molecular weight excluding hydrogens is 332 g/mol. The number of hydrogen-bond donors (Lipinski definition) is 1. The van der Waals surface area contributed by atoms with Gasteiger partial charge in [-0.2, -0.15) is 4.80 Å². The fourth-order valence-corrected chi connectivity index (χ4v) is 2.47. The number of halogens is 1. The van der Waals surface area contributed by atoms with E-state index in [1.165, 1.54) is 4.80 Å². The maximum Gasteiger partial charge on any atom is 0.206 e. The summed E-state index contributed by atoms with van der Waals surface area (Å²) in [5, 5.41) is 22.5. The van der Waals surface area contributed by atoms with E-state index >= 15 is 0 Å². The van der Waals surface area contributed by atoms with Crippen molar-refractivity contribution in [2.45, 2.75) is 12.6 Å². The minimum atomic E-state index is -0.660. The molecule has 21 heavy (non-hydrogen) atoms. The average molecular weight is 345 g/mol. The third-order valence-electron chi connectivity index (χ3n) is 3.09. The van der Waals surface area contributed by atoms with Crippen LogP contribution >= 0.6 is 15.9 Å². The van der Waals surface area contributed by atoms with Crippen LogP contribution in [0.1, 0.15) is 11.7 Å². The van der Waals surface area contributed by atoms with Crippen LogP contribution in [0.3, 0.4) is 0 Å².